The van der Waals surface area contributed by atoms with Gasteiger partial charge in [0.25, 0.3) is 5.56 Å². The van der Waals surface area contributed by atoms with Crippen molar-refractivity contribution in [3.05, 3.63) is 121 Å². The molecule has 61 heavy (non-hydrogen) atoms. The molecule has 3 N–H and O–H groups in total. The second-order valence-corrected chi connectivity index (χ2v) is 17.3. The summed E-state index contributed by atoms with van der Waals surface area (Å²) in [6.07, 6.45) is -1.15. The topological polar surface area (TPSA) is 180 Å². The van der Waals surface area contributed by atoms with E-state index in [0.717, 1.165) is 22.3 Å². The quantitative estimate of drug-likeness (QED) is 0.130. The van der Waals surface area contributed by atoms with Gasteiger partial charge in [0.1, 0.15) is 30.7 Å². The Kier molecular flexibility index (Phi) is 9.42. The van der Waals surface area contributed by atoms with Crippen LogP contribution in [-0.4, -0.2) is 61.7 Å². The minimum Gasteiger partial charge on any atom is -0.460 e. The van der Waals surface area contributed by atoms with E-state index in [1.165, 1.54) is 15.5 Å². The largest absolute Gasteiger partial charge is 0.460 e. The number of hydrogen-bond donors (Lipinski definition) is 2. The normalized spacial score (nSPS) is 18.9. The molecule has 2 aromatic heterocycles. The lowest BCUT2D eigenvalue weighted by molar-refractivity contribution is -0.172. The van der Waals surface area contributed by atoms with Crippen LogP contribution in [-0.2, 0) is 53.8 Å². The van der Waals surface area contributed by atoms with E-state index in [-0.39, 0.29) is 73.0 Å². The summed E-state index contributed by atoms with van der Waals surface area (Å²) in [6.45, 7) is 7.83. The highest BCUT2D eigenvalue weighted by atomic mass is 19.1. The highest BCUT2D eigenvalue weighted by molar-refractivity contribution is 5.95. The second-order valence-electron chi connectivity index (χ2n) is 17.3. The van der Waals surface area contributed by atoms with Crippen molar-refractivity contribution in [3.63, 3.8) is 0 Å². The molecule has 2 amide bonds. The molecular weight excluding hydrogens is 784 g/mol. The van der Waals surface area contributed by atoms with Crippen LogP contribution in [0.1, 0.15) is 103 Å². The number of pyridine rings is 2. The molecule has 3 atom stereocenters. The number of esters is 2. The summed E-state index contributed by atoms with van der Waals surface area (Å²) in [5.74, 6) is -3.46. The number of aliphatic hydroxyl groups is 1. The Balaban J connectivity index is 1.21. The van der Waals surface area contributed by atoms with Gasteiger partial charge in [-0.1, -0.05) is 55.5 Å². The lowest BCUT2D eigenvalue weighted by atomic mass is 9.80. The van der Waals surface area contributed by atoms with Crippen LogP contribution in [0.15, 0.2) is 65.5 Å². The van der Waals surface area contributed by atoms with E-state index >= 15 is 9.18 Å². The van der Waals surface area contributed by atoms with Crippen LogP contribution in [0.5, 0.6) is 0 Å². The van der Waals surface area contributed by atoms with E-state index in [2.05, 4.69) is 0 Å². The van der Waals surface area contributed by atoms with Crippen molar-refractivity contribution >= 4 is 34.8 Å². The minimum absolute atomic E-state index is 0.0499. The zero-order valence-electron chi connectivity index (χ0n) is 34.5. The molecule has 0 spiro atoms. The smallest absolute Gasteiger partial charge is 0.411 e. The first-order valence-electron chi connectivity index (χ1n) is 20.5. The third-order valence-corrected chi connectivity index (χ3v) is 12.7. The number of aryl methyl sites for hydroxylation is 1. The number of carbonyl (C=O) groups excluding carboxylic acids is 4. The molecule has 3 aromatic carbocycles. The molecule has 14 heteroatoms. The Bertz CT molecular complexity index is 2760. The first-order chi connectivity index (χ1) is 29.0. The fourth-order valence-electron chi connectivity index (χ4n) is 9.83. The van der Waals surface area contributed by atoms with Crippen LogP contribution in [0.2, 0.25) is 0 Å². The van der Waals surface area contributed by atoms with Gasteiger partial charge in [-0.15, -0.1) is 0 Å². The van der Waals surface area contributed by atoms with Crippen LogP contribution >= 0.6 is 0 Å². The molecule has 2 aliphatic carbocycles. The van der Waals surface area contributed by atoms with Gasteiger partial charge in [-0.25, -0.2) is 19.0 Å². The van der Waals surface area contributed by atoms with Crippen LogP contribution in [0.4, 0.5) is 9.18 Å². The summed E-state index contributed by atoms with van der Waals surface area (Å²) >= 11 is 0. The van der Waals surface area contributed by atoms with Crippen LogP contribution in [0.3, 0.4) is 0 Å². The number of hydrogen-bond acceptors (Lipinski definition) is 10. The van der Waals surface area contributed by atoms with Crippen LogP contribution in [0, 0.1) is 12.7 Å². The third kappa shape index (κ3) is 6.29. The summed E-state index contributed by atoms with van der Waals surface area (Å²) in [5.41, 5.74) is 9.60. The summed E-state index contributed by atoms with van der Waals surface area (Å²) in [5, 5.41) is 12.1. The zero-order chi connectivity index (χ0) is 43.3. The fraction of sp³-hybridized carbons (Fsp3) is 0.362. The van der Waals surface area contributed by atoms with E-state index in [1.807, 2.05) is 48.5 Å². The molecule has 0 fully saturated rings. The van der Waals surface area contributed by atoms with Gasteiger partial charge in [0, 0.05) is 28.5 Å². The number of benzene rings is 3. The SMILES string of the molecule is CC[C@@]1(O)C(=O)OCc2c1cc1n(c2=O)Cc2c-1nc1cc(F)c(C)c3c1c2[C@@H](N(C(=O)OCC1c2ccccc2-c2ccccc21)[C@@H](CC(=O)OC(C)(C)C)C(N)=O)CC3. The number of halogens is 1. The molecule has 13 nitrogen and oxygen atoms in total. The number of carbonyl (C=O) groups is 4. The molecule has 2 aliphatic heterocycles. The predicted molar refractivity (Wildman–Crippen MR) is 221 cm³/mol. The van der Waals surface area contributed by atoms with Gasteiger partial charge in [-0.3, -0.25) is 19.3 Å². The lowest BCUT2D eigenvalue weighted by Crippen LogP contribution is -2.52. The molecule has 4 aliphatic rings. The molecule has 0 radical (unpaired) electrons. The molecule has 314 valence electrons. The van der Waals surface area contributed by atoms with Crippen molar-refractivity contribution in [2.75, 3.05) is 6.61 Å². The van der Waals surface area contributed by atoms with Gasteiger partial charge < -0.3 is 29.6 Å². The second kappa shape index (κ2) is 14.4. The number of nitrogens with two attached hydrogens (primary N) is 1. The summed E-state index contributed by atoms with van der Waals surface area (Å²) in [7, 11) is 0. The fourth-order valence-corrected chi connectivity index (χ4v) is 9.83. The van der Waals surface area contributed by atoms with Crippen molar-refractivity contribution in [1.29, 1.82) is 0 Å². The molecular formula is C47H45FN4O9. The molecule has 0 unspecified atom stereocenters. The number of rotatable bonds is 8. The van der Waals surface area contributed by atoms with Gasteiger partial charge in [-0.05, 0) is 92.0 Å². The maximum absolute atomic E-state index is 15.8. The van der Waals surface area contributed by atoms with Crippen molar-refractivity contribution in [2.45, 2.75) is 103 Å². The molecule has 0 saturated carbocycles. The van der Waals surface area contributed by atoms with Crippen molar-refractivity contribution in [3.8, 4) is 22.5 Å². The standard InChI is InChI=1S/C47H45FN4O9/c1-6-47(58)32-17-36-41-29(20-51(36)43(55)31(32)22-59-44(47)56)40-35(16-15-24-23(2)33(48)18-34(50-41)39(24)40)52(37(42(49)54)19-38(53)61-46(3,4)5)45(57)60-21-30-27-13-9-7-11-25(27)26-12-8-10-14-28(26)30/h7-14,17-18,30,35,37,58H,6,15-16,19-22H2,1-5H3,(H2,49,54)/t35-,37-,47-/m0/s1. The number of nitrogens with zero attached hydrogens (tertiary/aromatic N) is 3. The van der Waals surface area contributed by atoms with Gasteiger partial charge >= 0.3 is 18.0 Å². The van der Waals surface area contributed by atoms with Crippen LogP contribution in [0.25, 0.3) is 33.4 Å². The molecule has 0 saturated heterocycles. The highest BCUT2D eigenvalue weighted by Gasteiger charge is 2.47. The van der Waals surface area contributed by atoms with E-state index in [4.69, 9.17) is 24.9 Å². The Hall–Kier alpha value is -6.41. The summed E-state index contributed by atoms with van der Waals surface area (Å²) in [6, 6.07) is 16.0. The highest BCUT2D eigenvalue weighted by Crippen LogP contribution is 2.49. The van der Waals surface area contributed by atoms with E-state index in [1.54, 1.807) is 40.7 Å². The van der Waals surface area contributed by atoms with Gasteiger partial charge in [0.15, 0.2) is 5.60 Å². The van der Waals surface area contributed by atoms with E-state index < -0.39 is 65.0 Å². The number of fused-ring (bicyclic) bond motifs is 8. The maximum Gasteiger partial charge on any atom is 0.411 e. The first kappa shape index (κ1) is 40.0. The van der Waals surface area contributed by atoms with Gasteiger partial charge in [0.2, 0.25) is 5.91 Å². The van der Waals surface area contributed by atoms with E-state index in [9.17, 15) is 24.3 Å². The third-order valence-electron chi connectivity index (χ3n) is 12.7. The molecule has 4 heterocycles. The molecule has 5 aromatic rings. The average Bonchev–Trinajstić information content (AvgIpc) is 3.75. The van der Waals surface area contributed by atoms with Gasteiger partial charge in [-0.2, -0.15) is 0 Å². The van der Waals surface area contributed by atoms with Crippen molar-refractivity contribution in [1.82, 2.24) is 14.5 Å². The number of aromatic nitrogens is 2. The minimum atomic E-state index is -2.09. The first-order valence-corrected chi connectivity index (χ1v) is 20.5. The van der Waals surface area contributed by atoms with Crippen molar-refractivity contribution in [2.24, 2.45) is 5.73 Å². The Labute approximate surface area is 350 Å². The Morgan fingerprint density at radius 3 is 2.36 bits per heavy atom. The summed E-state index contributed by atoms with van der Waals surface area (Å²) < 4.78 is 34.4. The number of amides is 2. The van der Waals surface area contributed by atoms with Gasteiger partial charge in [0.05, 0.1) is 41.5 Å². The average molecular weight is 829 g/mol. The van der Waals surface area contributed by atoms with E-state index in [0.29, 0.717) is 27.6 Å². The Morgan fingerprint density at radius 1 is 1.05 bits per heavy atom. The molecule has 0 bridgehead atoms. The number of cyclic esters (lactones) is 1. The molecule has 9 rings (SSSR count). The zero-order valence-corrected chi connectivity index (χ0v) is 34.5. The number of primary amides is 1. The monoisotopic (exact) mass is 828 g/mol. The Morgan fingerprint density at radius 2 is 1.72 bits per heavy atom. The lowest BCUT2D eigenvalue weighted by Gasteiger charge is -2.40. The predicted octanol–water partition coefficient (Wildman–Crippen LogP) is 6.35. The van der Waals surface area contributed by atoms with Crippen molar-refractivity contribution < 1.29 is 42.9 Å². The van der Waals surface area contributed by atoms with Crippen LogP contribution < -0.4 is 11.3 Å². The summed E-state index contributed by atoms with van der Waals surface area (Å²) in [4.78, 5) is 75.6. The maximum atomic E-state index is 15.8. The number of ether oxygens (including phenoxy) is 3.